The van der Waals surface area contributed by atoms with Crippen LogP contribution in [0.15, 0.2) is 39.5 Å². The first-order chi connectivity index (χ1) is 7.25. The van der Waals surface area contributed by atoms with Crippen LogP contribution in [-0.2, 0) is 0 Å². The Morgan fingerprint density at radius 3 is 2.87 bits per heavy atom. The largest absolute Gasteiger partial charge is 0.405 e. The molecule has 1 aromatic carbocycles. The third-order valence-electron chi connectivity index (χ3n) is 2.59. The Morgan fingerprint density at radius 1 is 1.20 bits per heavy atom. The monoisotopic (exact) mass is 199 g/mol. The zero-order chi connectivity index (χ0) is 10.4. The average Bonchev–Trinajstić information content (AvgIpc) is 2.57. The molecule has 0 unspecified atom stereocenters. The molecule has 0 saturated heterocycles. The molecular formula is C12H9NO2. The van der Waals surface area contributed by atoms with E-state index in [2.05, 4.69) is 4.98 Å². The molecule has 2 aromatic heterocycles. The molecule has 0 amide bonds. The fraction of sp³-hybridized carbons (Fsp3) is 0.0833. The number of hydrogen-bond donors (Lipinski definition) is 1. The van der Waals surface area contributed by atoms with Crippen LogP contribution in [0.5, 0.6) is 0 Å². The summed E-state index contributed by atoms with van der Waals surface area (Å²) in [6.45, 7) is 1.76. The van der Waals surface area contributed by atoms with Crippen LogP contribution < -0.4 is 5.63 Å². The van der Waals surface area contributed by atoms with Crippen molar-refractivity contribution >= 4 is 22.0 Å². The molecule has 0 spiro atoms. The standard InChI is InChI=1S/C12H9NO2/c1-7-6-9-8-4-2-3-5-10(8)13-11(9)15-12(7)14/h2-6,13H,1H3. The quantitative estimate of drug-likeness (QED) is 0.604. The number of aryl methyl sites for hydroxylation is 1. The van der Waals surface area contributed by atoms with Crippen LogP contribution in [0.3, 0.4) is 0 Å². The van der Waals surface area contributed by atoms with Crippen molar-refractivity contribution < 1.29 is 4.42 Å². The van der Waals surface area contributed by atoms with E-state index in [1.165, 1.54) is 0 Å². The van der Waals surface area contributed by atoms with Crippen LogP contribution in [-0.4, -0.2) is 4.98 Å². The molecule has 3 nitrogen and oxygen atoms in total. The number of fused-ring (bicyclic) bond motifs is 3. The molecule has 3 heteroatoms. The van der Waals surface area contributed by atoms with Gasteiger partial charge in [0, 0.05) is 21.9 Å². The van der Waals surface area contributed by atoms with Gasteiger partial charge in [-0.05, 0) is 19.1 Å². The van der Waals surface area contributed by atoms with Gasteiger partial charge < -0.3 is 9.40 Å². The average molecular weight is 199 g/mol. The molecule has 15 heavy (non-hydrogen) atoms. The first kappa shape index (κ1) is 8.29. The maximum Gasteiger partial charge on any atom is 0.340 e. The summed E-state index contributed by atoms with van der Waals surface area (Å²) in [6, 6.07) is 9.75. The van der Waals surface area contributed by atoms with E-state index in [0.29, 0.717) is 11.3 Å². The number of hydrogen-bond acceptors (Lipinski definition) is 2. The fourth-order valence-electron chi connectivity index (χ4n) is 1.81. The Labute approximate surface area is 85.3 Å². The molecule has 0 fully saturated rings. The molecule has 3 rings (SSSR count). The predicted molar refractivity (Wildman–Crippen MR) is 59.1 cm³/mol. The number of aromatic nitrogens is 1. The molecule has 3 aromatic rings. The Kier molecular flexibility index (Phi) is 1.51. The van der Waals surface area contributed by atoms with Gasteiger partial charge in [0.2, 0.25) is 5.71 Å². The molecule has 0 bridgehead atoms. The maximum atomic E-state index is 11.3. The van der Waals surface area contributed by atoms with Gasteiger partial charge in [0.25, 0.3) is 0 Å². The van der Waals surface area contributed by atoms with E-state index in [1.54, 1.807) is 6.92 Å². The first-order valence-electron chi connectivity index (χ1n) is 4.77. The number of rotatable bonds is 0. The van der Waals surface area contributed by atoms with Crippen molar-refractivity contribution in [3.63, 3.8) is 0 Å². The van der Waals surface area contributed by atoms with E-state index in [9.17, 15) is 4.79 Å². The van der Waals surface area contributed by atoms with Gasteiger partial charge in [-0.1, -0.05) is 18.2 Å². The molecular weight excluding hydrogens is 190 g/mol. The summed E-state index contributed by atoms with van der Waals surface area (Å²) in [5.41, 5.74) is 1.88. The van der Waals surface area contributed by atoms with Gasteiger partial charge in [-0.3, -0.25) is 0 Å². The van der Waals surface area contributed by atoms with Crippen LogP contribution >= 0.6 is 0 Å². The second kappa shape index (κ2) is 2.73. The van der Waals surface area contributed by atoms with Crippen molar-refractivity contribution in [2.75, 3.05) is 0 Å². The second-order valence-corrected chi connectivity index (χ2v) is 3.63. The van der Waals surface area contributed by atoms with E-state index < -0.39 is 0 Å². The molecule has 1 N–H and O–H groups in total. The molecule has 2 heterocycles. The van der Waals surface area contributed by atoms with Gasteiger partial charge >= 0.3 is 5.63 Å². The zero-order valence-electron chi connectivity index (χ0n) is 8.20. The Balaban J connectivity index is 2.61. The van der Waals surface area contributed by atoms with Crippen molar-refractivity contribution in [2.45, 2.75) is 6.92 Å². The molecule has 0 aliphatic carbocycles. The summed E-state index contributed by atoms with van der Waals surface area (Å²) in [5, 5.41) is 2.04. The number of benzene rings is 1. The van der Waals surface area contributed by atoms with Crippen LogP contribution in [0.2, 0.25) is 0 Å². The first-order valence-corrected chi connectivity index (χ1v) is 4.77. The number of para-hydroxylation sites is 1. The molecule has 0 radical (unpaired) electrons. The second-order valence-electron chi connectivity index (χ2n) is 3.63. The summed E-state index contributed by atoms with van der Waals surface area (Å²) in [5.74, 6) is 0. The molecule has 0 aliphatic rings. The minimum absolute atomic E-state index is 0.283. The number of aromatic amines is 1. The van der Waals surface area contributed by atoms with Crippen LogP contribution in [0.4, 0.5) is 0 Å². The SMILES string of the molecule is Cc1cc2c([nH]c3ccccc32)oc1=O. The normalized spacial score (nSPS) is 11.3. The topological polar surface area (TPSA) is 46.0 Å². The summed E-state index contributed by atoms with van der Waals surface area (Å²) < 4.78 is 5.17. The van der Waals surface area contributed by atoms with E-state index in [0.717, 1.165) is 16.3 Å². The summed E-state index contributed by atoms with van der Waals surface area (Å²) in [4.78, 5) is 14.4. The van der Waals surface area contributed by atoms with Crippen LogP contribution in [0, 0.1) is 6.92 Å². The summed E-state index contributed by atoms with van der Waals surface area (Å²) in [7, 11) is 0. The summed E-state index contributed by atoms with van der Waals surface area (Å²) in [6.07, 6.45) is 0. The van der Waals surface area contributed by atoms with Crippen molar-refractivity contribution in [3.05, 3.63) is 46.3 Å². The lowest BCUT2D eigenvalue weighted by Crippen LogP contribution is -2.01. The summed E-state index contributed by atoms with van der Waals surface area (Å²) >= 11 is 0. The van der Waals surface area contributed by atoms with Gasteiger partial charge in [-0.15, -0.1) is 0 Å². The minimum atomic E-state index is -0.283. The van der Waals surface area contributed by atoms with E-state index in [1.807, 2.05) is 30.3 Å². The Morgan fingerprint density at radius 2 is 2.00 bits per heavy atom. The lowest BCUT2D eigenvalue weighted by molar-refractivity contribution is 0.546. The maximum absolute atomic E-state index is 11.3. The van der Waals surface area contributed by atoms with Crippen LogP contribution in [0.25, 0.3) is 22.0 Å². The van der Waals surface area contributed by atoms with Crippen molar-refractivity contribution in [1.82, 2.24) is 4.98 Å². The minimum Gasteiger partial charge on any atom is -0.405 e. The lowest BCUT2D eigenvalue weighted by atomic mass is 10.2. The molecule has 74 valence electrons. The molecule has 0 aliphatic heterocycles. The van der Waals surface area contributed by atoms with Crippen molar-refractivity contribution in [1.29, 1.82) is 0 Å². The van der Waals surface area contributed by atoms with Gasteiger partial charge in [-0.2, -0.15) is 0 Å². The number of H-pyrrole nitrogens is 1. The zero-order valence-corrected chi connectivity index (χ0v) is 8.20. The third-order valence-corrected chi connectivity index (χ3v) is 2.59. The van der Waals surface area contributed by atoms with Crippen LogP contribution in [0.1, 0.15) is 5.56 Å². The van der Waals surface area contributed by atoms with Gasteiger partial charge in [0.15, 0.2) is 0 Å². The smallest absolute Gasteiger partial charge is 0.340 e. The lowest BCUT2D eigenvalue weighted by Gasteiger charge is -1.91. The third kappa shape index (κ3) is 1.09. The highest BCUT2D eigenvalue weighted by Crippen LogP contribution is 2.24. The van der Waals surface area contributed by atoms with Crippen molar-refractivity contribution in [2.24, 2.45) is 0 Å². The van der Waals surface area contributed by atoms with Gasteiger partial charge in [0.05, 0.1) is 0 Å². The Bertz CT molecular complexity index is 706. The number of nitrogens with one attached hydrogen (secondary N) is 1. The van der Waals surface area contributed by atoms with Gasteiger partial charge in [-0.25, -0.2) is 4.79 Å². The predicted octanol–water partition coefficient (Wildman–Crippen LogP) is 2.58. The van der Waals surface area contributed by atoms with Crippen molar-refractivity contribution in [3.8, 4) is 0 Å². The molecule has 0 atom stereocenters. The van der Waals surface area contributed by atoms with Gasteiger partial charge in [0.1, 0.15) is 0 Å². The Hall–Kier alpha value is -2.03. The van der Waals surface area contributed by atoms with E-state index in [4.69, 9.17) is 4.42 Å². The fourth-order valence-corrected chi connectivity index (χ4v) is 1.81. The van der Waals surface area contributed by atoms with E-state index >= 15 is 0 Å². The highest BCUT2D eigenvalue weighted by atomic mass is 16.4. The highest BCUT2D eigenvalue weighted by molar-refractivity contribution is 6.05. The molecule has 0 saturated carbocycles. The van der Waals surface area contributed by atoms with E-state index in [-0.39, 0.29) is 5.63 Å². The highest BCUT2D eigenvalue weighted by Gasteiger charge is 2.07.